The summed E-state index contributed by atoms with van der Waals surface area (Å²) in [6.45, 7) is 4.02. The molecule has 2 aromatic carbocycles. The van der Waals surface area contributed by atoms with Gasteiger partial charge in [0, 0.05) is 5.02 Å². The molecule has 5 nitrogen and oxygen atoms in total. The number of ether oxygens (including phenoxy) is 3. The van der Waals surface area contributed by atoms with E-state index in [9.17, 15) is 4.79 Å². The number of methoxy groups -OCH3 is 1. The first-order chi connectivity index (χ1) is 13.8. The molecule has 1 heterocycles. The molecule has 29 heavy (non-hydrogen) atoms. The number of hydrogen-bond donors (Lipinski definition) is 0. The summed E-state index contributed by atoms with van der Waals surface area (Å²) in [6, 6.07) is 8.46. The Balaban J connectivity index is 1.96. The number of carbonyl (C=O) groups excluding carboxylic acids is 1. The Hall–Kier alpha value is -2.02. The van der Waals surface area contributed by atoms with Crippen molar-refractivity contribution in [2.45, 2.75) is 26.4 Å². The van der Waals surface area contributed by atoms with Crippen LogP contribution < -0.4 is 9.47 Å². The summed E-state index contributed by atoms with van der Waals surface area (Å²) in [5.41, 5.74) is 1.34. The summed E-state index contributed by atoms with van der Waals surface area (Å²) < 4.78 is 17.4. The molecule has 0 N–H and O–H groups in total. The molecule has 8 heteroatoms. The van der Waals surface area contributed by atoms with Gasteiger partial charge in [0.2, 0.25) is 5.90 Å². The maximum atomic E-state index is 12.3. The van der Waals surface area contributed by atoms with E-state index in [4.69, 9.17) is 37.4 Å². The Morgan fingerprint density at radius 1 is 1.28 bits per heavy atom. The number of benzene rings is 2. The van der Waals surface area contributed by atoms with E-state index < -0.39 is 5.97 Å². The fourth-order valence-electron chi connectivity index (χ4n) is 2.57. The molecular formula is C21H18BrCl2NO4. The number of hydrogen-bond acceptors (Lipinski definition) is 5. The quantitative estimate of drug-likeness (QED) is 0.347. The van der Waals surface area contributed by atoms with Crippen molar-refractivity contribution in [1.82, 2.24) is 0 Å². The van der Waals surface area contributed by atoms with Gasteiger partial charge in [-0.15, -0.1) is 0 Å². The van der Waals surface area contributed by atoms with Crippen LogP contribution in [0, 0.1) is 0 Å². The van der Waals surface area contributed by atoms with Crippen LogP contribution in [0.1, 0.15) is 31.4 Å². The maximum absolute atomic E-state index is 12.3. The van der Waals surface area contributed by atoms with Crippen LogP contribution in [0.4, 0.5) is 0 Å². The lowest BCUT2D eigenvalue weighted by Crippen LogP contribution is -2.11. The molecule has 0 amide bonds. The second kappa shape index (κ2) is 9.20. The molecule has 0 radical (unpaired) electrons. The first kappa shape index (κ1) is 21.7. The second-order valence-corrected chi connectivity index (χ2v) is 8.03. The average molecular weight is 499 g/mol. The van der Waals surface area contributed by atoms with Gasteiger partial charge in [-0.2, -0.15) is 0 Å². The minimum Gasteiger partial charge on any atom is -0.493 e. The van der Waals surface area contributed by atoms with Gasteiger partial charge in [0.1, 0.15) is 0 Å². The molecule has 1 aliphatic heterocycles. The van der Waals surface area contributed by atoms with Crippen molar-refractivity contribution in [3.63, 3.8) is 0 Å². The van der Waals surface area contributed by atoms with Gasteiger partial charge < -0.3 is 14.2 Å². The molecule has 152 valence electrons. The molecule has 0 aliphatic carbocycles. The third kappa shape index (κ3) is 4.94. The van der Waals surface area contributed by atoms with E-state index in [0.29, 0.717) is 37.1 Å². The molecule has 1 atom stereocenters. The number of nitrogens with zero attached hydrogens (tertiary/aromatic N) is 1. The topological polar surface area (TPSA) is 57.1 Å². The highest BCUT2D eigenvalue weighted by Crippen LogP contribution is 2.38. The standard InChI is InChI=1S/C21H18BrCl2NO4/c1-4-11(2)28-19-15(22)7-12(9-18(19)27-3)8-17-21(26)29-20(25-17)14-6-5-13(23)10-16(14)24/h5-11H,4H2,1-3H3/b17-8-. The van der Waals surface area contributed by atoms with Crippen LogP contribution in [0.5, 0.6) is 11.5 Å². The summed E-state index contributed by atoms with van der Waals surface area (Å²) in [5.74, 6) is 0.713. The van der Waals surface area contributed by atoms with E-state index in [1.807, 2.05) is 19.9 Å². The van der Waals surface area contributed by atoms with Crippen LogP contribution in [-0.4, -0.2) is 25.1 Å². The molecule has 0 saturated carbocycles. The van der Waals surface area contributed by atoms with Crippen molar-refractivity contribution in [2.24, 2.45) is 4.99 Å². The fourth-order valence-corrected chi connectivity index (χ4v) is 3.61. The van der Waals surface area contributed by atoms with E-state index in [1.54, 1.807) is 37.5 Å². The highest BCUT2D eigenvalue weighted by Gasteiger charge is 2.26. The van der Waals surface area contributed by atoms with Gasteiger partial charge in [-0.3, -0.25) is 0 Å². The highest BCUT2D eigenvalue weighted by atomic mass is 79.9. The number of cyclic esters (lactones) is 1. The average Bonchev–Trinajstić information content (AvgIpc) is 3.03. The summed E-state index contributed by atoms with van der Waals surface area (Å²) in [5, 5.41) is 0.831. The monoisotopic (exact) mass is 497 g/mol. The Morgan fingerprint density at radius 3 is 2.69 bits per heavy atom. The van der Waals surface area contributed by atoms with E-state index in [0.717, 1.165) is 6.42 Å². The van der Waals surface area contributed by atoms with Gasteiger partial charge in [0.05, 0.1) is 28.3 Å². The van der Waals surface area contributed by atoms with E-state index in [-0.39, 0.29) is 17.7 Å². The van der Waals surface area contributed by atoms with E-state index in [1.165, 1.54) is 0 Å². The molecule has 1 aliphatic rings. The van der Waals surface area contributed by atoms with Gasteiger partial charge in [0.25, 0.3) is 0 Å². The van der Waals surface area contributed by atoms with Crippen molar-refractivity contribution >= 4 is 57.1 Å². The van der Waals surface area contributed by atoms with E-state index >= 15 is 0 Å². The molecular weight excluding hydrogens is 481 g/mol. The lowest BCUT2D eigenvalue weighted by molar-refractivity contribution is -0.129. The smallest absolute Gasteiger partial charge is 0.363 e. The van der Waals surface area contributed by atoms with Gasteiger partial charge in [0.15, 0.2) is 17.2 Å². The molecule has 0 aromatic heterocycles. The lowest BCUT2D eigenvalue weighted by Gasteiger charge is -2.17. The molecule has 0 fully saturated rings. The summed E-state index contributed by atoms with van der Waals surface area (Å²) >= 11 is 15.6. The van der Waals surface area contributed by atoms with Crippen LogP contribution >= 0.6 is 39.1 Å². The van der Waals surface area contributed by atoms with Crippen molar-refractivity contribution in [3.05, 3.63) is 61.7 Å². The molecule has 0 bridgehead atoms. The van der Waals surface area contributed by atoms with Crippen molar-refractivity contribution < 1.29 is 19.0 Å². The normalized spacial score (nSPS) is 15.9. The minimum absolute atomic E-state index is 0.0329. The van der Waals surface area contributed by atoms with Crippen molar-refractivity contribution in [2.75, 3.05) is 7.11 Å². The van der Waals surface area contributed by atoms with Gasteiger partial charge in [-0.1, -0.05) is 30.1 Å². The number of aliphatic imine (C=N–C) groups is 1. The molecule has 3 rings (SSSR count). The third-order valence-corrected chi connectivity index (χ3v) is 5.37. The van der Waals surface area contributed by atoms with Crippen LogP contribution in [0.25, 0.3) is 6.08 Å². The summed E-state index contributed by atoms with van der Waals surface area (Å²) in [6.07, 6.45) is 2.50. The van der Waals surface area contributed by atoms with Crippen LogP contribution in [0.3, 0.4) is 0 Å². The predicted molar refractivity (Wildman–Crippen MR) is 118 cm³/mol. The predicted octanol–water partition coefficient (Wildman–Crippen LogP) is 6.29. The SMILES string of the molecule is CCC(C)Oc1c(Br)cc(/C=C2\N=C(c3ccc(Cl)cc3Cl)OC2=O)cc1OC. The van der Waals surface area contributed by atoms with Crippen LogP contribution in [-0.2, 0) is 9.53 Å². The first-order valence-electron chi connectivity index (χ1n) is 8.84. The zero-order valence-electron chi connectivity index (χ0n) is 16.0. The summed E-state index contributed by atoms with van der Waals surface area (Å²) in [7, 11) is 1.56. The van der Waals surface area contributed by atoms with Crippen LogP contribution in [0.2, 0.25) is 10.0 Å². The number of rotatable bonds is 6. The zero-order chi connectivity index (χ0) is 21.1. The van der Waals surface area contributed by atoms with Gasteiger partial charge in [-0.05, 0) is 71.2 Å². The lowest BCUT2D eigenvalue weighted by atomic mass is 10.1. The summed E-state index contributed by atoms with van der Waals surface area (Å²) in [4.78, 5) is 16.6. The second-order valence-electron chi connectivity index (χ2n) is 6.33. The third-order valence-electron chi connectivity index (χ3n) is 4.23. The van der Waals surface area contributed by atoms with Crippen molar-refractivity contribution in [1.29, 1.82) is 0 Å². The molecule has 1 unspecified atom stereocenters. The molecule has 0 spiro atoms. The first-order valence-corrected chi connectivity index (χ1v) is 10.4. The number of carbonyl (C=O) groups is 1. The maximum Gasteiger partial charge on any atom is 0.363 e. The largest absolute Gasteiger partial charge is 0.493 e. The van der Waals surface area contributed by atoms with Crippen LogP contribution in [0.15, 0.2) is 45.5 Å². The number of halogens is 3. The fraction of sp³-hybridized carbons (Fsp3) is 0.238. The van der Waals surface area contributed by atoms with E-state index in [2.05, 4.69) is 20.9 Å². The Bertz CT molecular complexity index is 1020. The highest BCUT2D eigenvalue weighted by molar-refractivity contribution is 9.10. The van der Waals surface area contributed by atoms with Gasteiger partial charge in [-0.25, -0.2) is 9.79 Å². The Morgan fingerprint density at radius 2 is 2.03 bits per heavy atom. The Labute approximate surface area is 187 Å². The minimum atomic E-state index is -0.568. The zero-order valence-corrected chi connectivity index (χ0v) is 19.1. The Kier molecular flexibility index (Phi) is 6.88. The number of esters is 1. The van der Waals surface area contributed by atoms with Gasteiger partial charge >= 0.3 is 5.97 Å². The molecule has 0 saturated heterocycles. The molecule has 2 aromatic rings. The van der Waals surface area contributed by atoms with Crippen molar-refractivity contribution in [3.8, 4) is 11.5 Å².